The van der Waals surface area contributed by atoms with Crippen molar-refractivity contribution in [3.05, 3.63) is 64.3 Å². The van der Waals surface area contributed by atoms with Gasteiger partial charge in [-0.25, -0.2) is 10.2 Å². The van der Waals surface area contributed by atoms with Gasteiger partial charge >= 0.3 is 146 Å². The van der Waals surface area contributed by atoms with Gasteiger partial charge in [-0.1, -0.05) is 0 Å². The molecule has 2 aliphatic carbocycles. The summed E-state index contributed by atoms with van der Waals surface area (Å²) in [7, 11) is 0. The quantitative estimate of drug-likeness (QED) is 0.417. The second-order valence-electron chi connectivity index (χ2n) is 6.05. The molecule has 0 spiro atoms. The molecule has 0 aromatic heterocycles. The summed E-state index contributed by atoms with van der Waals surface area (Å²) in [6.07, 6.45) is 5.49. The molecule has 0 atom stereocenters. The molecule has 2 nitrogen and oxygen atoms in total. The molecule has 0 radical (unpaired) electrons. The van der Waals surface area contributed by atoms with E-state index in [2.05, 4.69) is 0 Å². The Balaban J connectivity index is 0.000000758. The van der Waals surface area contributed by atoms with Crippen LogP contribution < -0.4 is 3.87 Å². The Kier molecular flexibility index (Phi) is 6.41. The number of isocyanates is 1. The molecule has 1 aromatic rings. The summed E-state index contributed by atoms with van der Waals surface area (Å²) in [6, 6.07) is 3.45. The Bertz CT molecular complexity index is 883. The number of hydrogen-bond acceptors (Lipinski definition) is 2. The first kappa shape index (κ1) is 20.4. The van der Waals surface area contributed by atoms with Crippen LogP contribution in [-0.2, 0) is 31.4 Å². The maximum atomic E-state index is 13.8. The minimum atomic E-state index is -4.36. The van der Waals surface area contributed by atoms with Gasteiger partial charge in [0.2, 0.25) is 6.08 Å². The number of halogens is 3. The summed E-state index contributed by atoms with van der Waals surface area (Å²) in [6.45, 7) is 3.85. The third kappa shape index (κ3) is 4.07. The van der Waals surface area contributed by atoms with Crippen molar-refractivity contribution in [2.24, 2.45) is 0 Å². The van der Waals surface area contributed by atoms with E-state index in [1.54, 1.807) is 26.5 Å². The standard InChI is InChI=1S/C19H16F3.CHNO.Ti/c1-12-6-3-8-14(12)16-10-5-11-17(19(20,21)22)18(16)15-9-4-7-13(15)2;2-1-3;/h3-7,10H,8-9H2,1-2H3;2H;. The Morgan fingerprint density at radius 2 is 1.54 bits per heavy atom. The number of rotatable bonds is 2. The molecular formula is C20H17F3NOTi. The third-order valence-corrected chi connectivity index (χ3v) is 5.10. The van der Waals surface area contributed by atoms with Gasteiger partial charge in [-0.3, -0.25) is 0 Å². The number of carbonyl (C=O) groups excluding carboxylic acids is 1. The molecule has 0 amide bonds. The molecule has 26 heavy (non-hydrogen) atoms. The van der Waals surface area contributed by atoms with Crippen LogP contribution in [0.1, 0.15) is 43.4 Å². The summed E-state index contributed by atoms with van der Waals surface area (Å²) in [5.74, 6) is 0. The molecule has 0 saturated heterocycles. The molecule has 0 heterocycles. The molecule has 0 unspecified atom stereocenters. The summed E-state index contributed by atoms with van der Waals surface area (Å²) >= 11 is 1.54. The van der Waals surface area contributed by atoms with Crippen LogP contribution in [0.4, 0.5) is 13.2 Å². The van der Waals surface area contributed by atoms with Crippen LogP contribution in [0.25, 0.3) is 11.1 Å². The SMILES string of the molecule is CC1=C(c2cc[c]([Ti])c(C(F)(F)F)c2C2=C(C)C=CC2)CC=C1.N=C=O. The predicted molar refractivity (Wildman–Crippen MR) is 92.2 cm³/mol. The van der Waals surface area contributed by atoms with Crippen LogP contribution in [0.3, 0.4) is 0 Å². The first-order valence-electron chi connectivity index (χ1n) is 7.95. The Hall–Kier alpha value is -1.94. The molecular weight excluding hydrogens is 375 g/mol. The number of allylic oxidation sites excluding steroid dienone is 8. The van der Waals surface area contributed by atoms with E-state index in [4.69, 9.17) is 10.2 Å². The Labute approximate surface area is 162 Å². The first-order valence-corrected chi connectivity index (χ1v) is 8.73. The van der Waals surface area contributed by atoms with Crippen molar-refractivity contribution < 1.29 is 38.4 Å². The molecule has 133 valence electrons. The van der Waals surface area contributed by atoms with Crippen LogP contribution in [-0.4, -0.2) is 6.08 Å². The van der Waals surface area contributed by atoms with Gasteiger partial charge in [0.25, 0.3) is 0 Å². The van der Waals surface area contributed by atoms with E-state index in [0.717, 1.165) is 33.9 Å². The van der Waals surface area contributed by atoms with Crippen molar-refractivity contribution in [3.8, 4) is 0 Å². The van der Waals surface area contributed by atoms with Crippen molar-refractivity contribution in [1.29, 1.82) is 5.41 Å². The van der Waals surface area contributed by atoms with Crippen LogP contribution in [0.5, 0.6) is 0 Å². The van der Waals surface area contributed by atoms with Crippen molar-refractivity contribution in [1.82, 2.24) is 0 Å². The topological polar surface area (TPSA) is 40.9 Å². The fourth-order valence-corrected chi connectivity index (χ4v) is 3.86. The van der Waals surface area contributed by atoms with Crippen LogP contribution >= 0.6 is 0 Å². The van der Waals surface area contributed by atoms with Crippen LogP contribution in [0.15, 0.2) is 47.6 Å². The van der Waals surface area contributed by atoms with Crippen molar-refractivity contribution in [2.75, 3.05) is 0 Å². The second kappa shape index (κ2) is 8.17. The summed E-state index contributed by atoms with van der Waals surface area (Å²) in [5, 5.41) is 5.40. The number of nitrogens with one attached hydrogen (secondary N) is 1. The number of hydrogen-bond donors (Lipinski definition) is 1. The minimum Gasteiger partial charge on any atom is -0.222 e. The van der Waals surface area contributed by atoms with E-state index in [0.29, 0.717) is 18.4 Å². The second-order valence-corrected chi connectivity index (χ2v) is 6.89. The zero-order valence-electron chi connectivity index (χ0n) is 14.4. The van der Waals surface area contributed by atoms with E-state index in [1.807, 2.05) is 44.2 Å². The smallest absolute Gasteiger partial charge is 0.222 e. The molecule has 0 bridgehead atoms. The van der Waals surface area contributed by atoms with Crippen molar-refractivity contribution in [3.63, 3.8) is 0 Å². The largest absolute Gasteiger partial charge is 0.231 e. The zero-order chi connectivity index (χ0) is 19.5. The maximum Gasteiger partial charge on any atom is 0.231 e. The molecule has 0 aliphatic heterocycles. The normalized spacial score (nSPS) is 16.0. The van der Waals surface area contributed by atoms with Gasteiger partial charge in [0.1, 0.15) is 0 Å². The van der Waals surface area contributed by atoms with Gasteiger partial charge in [-0.15, -0.1) is 0 Å². The van der Waals surface area contributed by atoms with E-state index in [-0.39, 0.29) is 3.87 Å². The summed E-state index contributed by atoms with van der Waals surface area (Å²) in [5.41, 5.74) is 4.38. The molecule has 1 aromatic carbocycles. The van der Waals surface area contributed by atoms with Gasteiger partial charge in [0.15, 0.2) is 0 Å². The van der Waals surface area contributed by atoms with Gasteiger partial charge < -0.3 is 0 Å². The molecule has 0 fully saturated rings. The van der Waals surface area contributed by atoms with E-state index >= 15 is 0 Å². The third-order valence-electron chi connectivity index (χ3n) is 4.45. The summed E-state index contributed by atoms with van der Waals surface area (Å²) < 4.78 is 41.6. The van der Waals surface area contributed by atoms with Gasteiger partial charge in [-0.2, -0.15) is 0 Å². The Morgan fingerprint density at radius 1 is 1.04 bits per heavy atom. The van der Waals surface area contributed by atoms with E-state index in [1.165, 1.54) is 0 Å². The predicted octanol–water partition coefficient (Wildman–Crippen LogP) is 5.25. The molecule has 3 rings (SSSR count). The van der Waals surface area contributed by atoms with Gasteiger partial charge in [0.05, 0.1) is 0 Å². The van der Waals surface area contributed by atoms with Crippen molar-refractivity contribution >= 4 is 21.1 Å². The monoisotopic (exact) mass is 392 g/mol. The molecule has 1 N–H and O–H groups in total. The average molecular weight is 392 g/mol. The number of alkyl halides is 3. The fraction of sp³-hybridized carbons (Fsp3) is 0.250. The van der Waals surface area contributed by atoms with E-state index < -0.39 is 11.7 Å². The van der Waals surface area contributed by atoms with Crippen molar-refractivity contribution in [2.45, 2.75) is 32.9 Å². The zero-order valence-corrected chi connectivity index (χ0v) is 16.0. The fourth-order valence-electron chi connectivity index (χ4n) is 3.31. The molecule has 0 saturated carbocycles. The average Bonchev–Trinajstić information content (AvgIpc) is 3.15. The molecule has 6 heteroatoms. The van der Waals surface area contributed by atoms with Gasteiger partial charge in [-0.05, 0) is 0 Å². The van der Waals surface area contributed by atoms with Crippen LogP contribution in [0.2, 0.25) is 0 Å². The number of benzene rings is 1. The van der Waals surface area contributed by atoms with Crippen LogP contribution in [0, 0.1) is 5.41 Å². The van der Waals surface area contributed by atoms with E-state index in [9.17, 15) is 13.2 Å². The minimum absolute atomic E-state index is 0.285. The Morgan fingerprint density at radius 3 is 1.96 bits per heavy atom. The van der Waals surface area contributed by atoms with Gasteiger partial charge in [0, 0.05) is 0 Å². The first-order chi connectivity index (χ1) is 12.2. The summed E-state index contributed by atoms with van der Waals surface area (Å²) in [4.78, 5) is 8.35. The molecule has 2 aliphatic rings. The maximum absolute atomic E-state index is 13.8.